The van der Waals surface area contributed by atoms with Gasteiger partial charge in [-0.1, -0.05) is 30.3 Å². The summed E-state index contributed by atoms with van der Waals surface area (Å²) in [5.74, 6) is 2.96. The highest BCUT2D eigenvalue weighted by Gasteiger charge is 2.23. The molecule has 1 aromatic heterocycles. The molecule has 176 valence electrons. The fraction of sp³-hybridized carbons (Fsp3) is 0.222. The van der Waals surface area contributed by atoms with E-state index in [0.29, 0.717) is 31.9 Å². The van der Waals surface area contributed by atoms with Crippen molar-refractivity contribution in [1.82, 2.24) is 15.1 Å². The van der Waals surface area contributed by atoms with Crippen molar-refractivity contribution in [3.63, 3.8) is 0 Å². The van der Waals surface area contributed by atoms with Crippen LogP contribution in [-0.4, -0.2) is 60.6 Å². The van der Waals surface area contributed by atoms with Gasteiger partial charge in [-0.2, -0.15) is 0 Å². The van der Waals surface area contributed by atoms with E-state index in [0.717, 1.165) is 39.3 Å². The SMILES string of the molecule is O=C(COc1ccc2ccccc2c1)N1CCN(c2ccc(-c3ccc4c(c3)OCO4)nn2)CC1. The minimum atomic E-state index is -0.0120. The number of aromatic nitrogens is 2. The largest absolute Gasteiger partial charge is 0.484 e. The van der Waals surface area contributed by atoms with E-state index in [1.807, 2.05) is 71.6 Å². The molecule has 8 nitrogen and oxygen atoms in total. The monoisotopic (exact) mass is 468 g/mol. The number of nitrogens with zero attached hydrogens (tertiary/aromatic N) is 4. The minimum absolute atomic E-state index is 0.0120. The van der Waals surface area contributed by atoms with Gasteiger partial charge in [-0.3, -0.25) is 4.79 Å². The molecule has 0 atom stereocenters. The number of carbonyl (C=O) groups excluding carboxylic acids is 1. The molecule has 0 unspecified atom stereocenters. The van der Waals surface area contributed by atoms with Crippen molar-refractivity contribution in [3.8, 4) is 28.5 Å². The maximum atomic E-state index is 12.7. The lowest BCUT2D eigenvalue weighted by atomic mass is 10.1. The second-order valence-electron chi connectivity index (χ2n) is 8.51. The topological polar surface area (TPSA) is 77.0 Å². The van der Waals surface area contributed by atoms with Gasteiger partial charge >= 0.3 is 0 Å². The molecule has 0 saturated carbocycles. The van der Waals surface area contributed by atoms with Gasteiger partial charge in [0.15, 0.2) is 23.9 Å². The van der Waals surface area contributed by atoms with Crippen LogP contribution in [0.2, 0.25) is 0 Å². The van der Waals surface area contributed by atoms with Crippen LogP contribution in [0.5, 0.6) is 17.2 Å². The molecule has 0 aliphatic carbocycles. The average Bonchev–Trinajstić information content (AvgIpc) is 3.40. The lowest BCUT2D eigenvalue weighted by Gasteiger charge is -2.35. The van der Waals surface area contributed by atoms with Gasteiger partial charge in [-0.05, 0) is 53.2 Å². The van der Waals surface area contributed by atoms with Gasteiger partial charge in [0, 0.05) is 31.7 Å². The Kier molecular flexibility index (Phi) is 5.54. The van der Waals surface area contributed by atoms with Crippen LogP contribution in [0.1, 0.15) is 0 Å². The fourth-order valence-corrected chi connectivity index (χ4v) is 4.38. The summed E-state index contributed by atoms with van der Waals surface area (Å²) in [6.07, 6.45) is 0. The van der Waals surface area contributed by atoms with Crippen LogP contribution >= 0.6 is 0 Å². The molecule has 1 amide bonds. The molecule has 0 radical (unpaired) electrons. The summed E-state index contributed by atoms with van der Waals surface area (Å²) < 4.78 is 16.6. The smallest absolute Gasteiger partial charge is 0.260 e. The Labute approximate surface area is 202 Å². The van der Waals surface area contributed by atoms with Crippen LogP contribution in [0.4, 0.5) is 5.82 Å². The van der Waals surface area contributed by atoms with Crippen LogP contribution < -0.4 is 19.1 Å². The zero-order chi connectivity index (χ0) is 23.6. The predicted molar refractivity (Wildman–Crippen MR) is 132 cm³/mol. The molecule has 1 fully saturated rings. The van der Waals surface area contributed by atoms with Crippen molar-refractivity contribution in [3.05, 3.63) is 72.8 Å². The quantitative estimate of drug-likeness (QED) is 0.441. The Morgan fingerprint density at radius 1 is 0.829 bits per heavy atom. The number of ether oxygens (including phenoxy) is 3. The lowest BCUT2D eigenvalue weighted by molar-refractivity contribution is -0.133. The van der Waals surface area contributed by atoms with Gasteiger partial charge < -0.3 is 24.0 Å². The van der Waals surface area contributed by atoms with Crippen molar-refractivity contribution in [2.75, 3.05) is 44.5 Å². The number of anilines is 1. The van der Waals surface area contributed by atoms with E-state index in [-0.39, 0.29) is 19.3 Å². The van der Waals surface area contributed by atoms with Gasteiger partial charge in [0.2, 0.25) is 6.79 Å². The van der Waals surface area contributed by atoms with E-state index in [1.165, 1.54) is 0 Å². The van der Waals surface area contributed by atoms with Crippen LogP contribution in [0.3, 0.4) is 0 Å². The highest BCUT2D eigenvalue weighted by Crippen LogP contribution is 2.35. The van der Waals surface area contributed by atoms with E-state index in [1.54, 1.807) is 0 Å². The number of hydrogen-bond acceptors (Lipinski definition) is 7. The number of fused-ring (bicyclic) bond motifs is 2. The van der Waals surface area contributed by atoms with Gasteiger partial charge in [0.1, 0.15) is 5.75 Å². The highest BCUT2D eigenvalue weighted by molar-refractivity contribution is 5.84. The molecule has 6 rings (SSSR count). The predicted octanol–water partition coefficient (Wildman–Crippen LogP) is 3.75. The number of rotatable bonds is 5. The van der Waals surface area contributed by atoms with Crippen molar-refractivity contribution in [1.29, 1.82) is 0 Å². The third-order valence-corrected chi connectivity index (χ3v) is 6.36. The second kappa shape index (κ2) is 9.13. The number of benzene rings is 3. The summed E-state index contributed by atoms with van der Waals surface area (Å²) >= 11 is 0. The Morgan fingerprint density at radius 2 is 1.66 bits per heavy atom. The summed E-state index contributed by atoms with van der Waals surface area (Å²) in [5.41, 5.74) is 1.70. The molecule has 2 aliphatic rings. The van der Waals surface area contributed by atoms with Crippen LogP contribution in [-0.2, 0) is 4.79 Å². The van der Waals surface area contributed by atoms with E-state index < -0.39 is 0 Å². The zero-order valence-corrected chi connectivity index (χ0v) is 19.1. The normalized spacial score (nSPS) is 14.9. The average molecular weight is 469 g/mol. The molecule has 1 saturated heterocycles. The number of carbonyl (C=O) groups is 1. The van der Waals surface area contributed by atoms with E-state index in [4.69, 9.17) is 14.2 Å². The highest BCUT2D eigenvalue weighted by atomic mass is 16.7. The Hall–Kier alpha value is -4.33. The summed E-state index contributed by atoms with van der Waals surface area (Å²) in [7, 11) is 0. The van der Waals surface area contributed by atoms with E-state index in [9.17, 15) is 4.79 Å². The van der Waals surface area contributed by atoms with E-state index in [2.05, 4.69) is 21.2 Å². The van der Waals surface area contributed by atoms with Gasteiger partial charge in [0.25, 0.3) is 5.91 Å². The summed E-state index contributed by atoms with van der Waals surface area (Å²) in [6, 6.07) is 23.6. The molecule has 0 bridgehead atoms. The summed E-state index contributed by atoms with van der Waals surface area (Å²) in [5, 5.41) is 11.1. The maximum absolute atomic E-state index is 12.7. The molecule has 0 spiro atoms. The lowest BCUT2D eigenvalue weighted by Crippen LogP contribution is -2.50. The maximum Gasteiger partial charge on any atom is 0.260 e. The first-order valence-corrected chi connectivity index (χ1v) is 11.6. The number of piperazine rings is 1. The Balaban J connectivity index is 1.03. The third-order valence-electron chi connectivity index (χ3n) is 6.36. The van der Waals surface area contributed by atoms with Crippen LogP contribution in [0.15, 0.2) is 72.8 Å². The fourth-order valence-electron chi connectivity index (χ4n) is 4.38. The molecule has 8 heteroatoms. The van der Waals surface area contributed by atoms with Crippen LogP contribution in [0, 0.1) is 0 Å². The number of hydrogen-bond donors (Lipinski definition) is 0. The van der Waals surface area contributed by atoms with Crippen molar-refractivity contribution < 1.29 is 19.0 Å². The molecule has 35 heavy (non-hydrogen) atoms. The van der Waals surface area contributed by atoms with Crippen LogP contribution in [0.25, 0.3) is 22.0 Å². The first-order valence-electron chi connectivity index (χ1n) is 11.6. The van der Waals surface area contributed by atoms with Crippen molar-refractivity contribution in [2.45, 2.75) is 0 Å². The molecule has 3 aromatic carbocycles. The molecular weight excluding hydrogens is 444 g/mol. The third kappa shape index (κ3) is 4.42. The molecule has 3 heterocycles. The van der Waals surface area contributed by atoms with Gasteiger partial charge in [-0.15, -0.1) is 10.2 Å². The molecular formula is C27H24N4O4. The molecule has 0 N–H and O–H groups in total. The Bertz CT molecular complexity index is 1370. The summed E-state index contributed by atoms with van der Waals surface area (Å²) in [6.45, 7) is 2.90. The second-order valence-corrected chi connectivity index (χ2v) is 8.51. The Morgan fingerprint density at radius 3 is 2.49 bits per heavy atom. The molecule has 2 aliphatic heterocycles. The standard InChI is InChI=1S/C27H24N4O4/c32-27(17-33-22-7-5-19-3-1-2-4-20(19)15-22)31-13-11-30(12-14-31)26-10-8-23(28-29-26)21-6-9-24-25(16-21)35-18-34-24/h1-10,15-16H,11-14,17-18H2. The van der Waals surface area contributed by atoms with Crippen molar-refractivity contribution in [2.24, 2.45) is 0 Å². The number of amides is 1. The van der Waals surface area contributed by atoms with E-state index >= 15 is 0 Å². The minimum Gasteiger partial charge on any atom is -0.484 e. The first-order chi connectivity index (χ1) is 17.2. The van der Waals surface area contributed by atoms with Gasteiger partial charge in [0.05, 0.1) is 5.69 Å². The van der Waals surface area contributed by atoms with Gasteiger partial charge in [-0.25, -0.2) is 0 Å². The van der Waals surface area contributed by atoms with Crippen molar-refractivity contribution >= 4 is 22.5 Å². The summed E-state index contributed by atoms with van der Waals surface area (Å²) in [4.78, 5) is 16.7. The zero-order valence-electron chi connectivity index (χ0n) is 19.1. The molecule has 4 aromatic rings. The first kappa shape index (κ1) is 21.2.